The smallest absolute Gasteiger partial charge is 0.343 e. The second-order valence-corrected chi connectivity index (χ2v) is 5.73. The first-order valence-electron chi connectivity index (χ1n) is 8.15. The van der Waals surface area contributed by atoms with E-state index in [2.05, 4.69) is 15.8 Å². The van der Waals surface area contributed by atoms with Crippen LogP contribution in [0.15, 0.2) is 41.5 Å². The van der Waals surface area contributed by atoms with E-state index in [0.717, 1.165) is 5.56 Å². The Balaban J connectivity index is 2.11. The zero-order valence-electron chi connectivity index (χ0n) is 15.9. The minimum absolute atomic E-state index is 0.268. The highest BCUT2D eigenvalue weighted by Crippen LogP contribution is 2.38. The average Bonchev–Trinajstić information content (AvgIpc) is 2.73. The highest BCUT2D eigenvalue weighted by molar-refractivity contribution is 7.80. The van der Waals surface area contributed by atoms with Crippen LogP contribution in [0.5, 0.6) is 23.0 Å². The SMILES string of the molecule is CNC(=S)N/N=C/c1ccc(OC(=O)c2cc(OC)c(OC)c(OC)c2)cc1. The average molecular weight is 403 g/mol. The van der Waals surface area contributed by atoms with Gasteiger partial charge < -0.3 is 24.3 Å². The van der Waals surface area contributed by atoms with Gasteiger partial charge in [-0.25, -0.2) is 4.79 Å². The van der Waals surface area contributed by atoms with Crippen LogP contribution >= 0.6 is 12.2 Å². The quantitative estimate of drug-likeness (QED) is 0.239. The van der Waals surface area contributed by atoms with Crippen LogP contribution in [0.2, 0.25) is 0 Å². The van der Waals surface area contributed by atoms with E-state index in [4.69, 9.17) is 31.2 Å². The van der Waals surface area contributed by atoms with Crippen LogP contribution in [0.4, 0.5) is 0 Å². The van der Waals surface area contributed by atoms with Crippen LogP contribution in [0.25, 0.3) is 0 Å². The highest BCUT2D eigenvalue weighted by Gasteiger charge is 2.18. The van der Waals surface area contributed by atoms with Gasteiger partial charge in [0.05, 0.1) is 33.1 Å². The molecule has 0 heterocycles. The molecule has 0 amide bonds. The second kappa shape index (κ2) is 10.1. The Morgan fingerprint density at radius 1 is 1.04 bits per heavy atom. The van der Waals surface area contributed by atoms with Crippen molar-refractivity contribution in [1.82, 2.24) is 10.7 Å². The minimum Gasteiger partial charge on any atom is -0.493 e. The van der Waals surface area contributed by atoms with Gasteiger partial charge in [0.25, 0.3) is 0 Å². The number of methoxy groups -OCH3 is 3. The number of hydrogen-bond acceptors (Lipinski definition) is 7. The molecule has 148 valence electrons. The fourth-order valence-electron chi connectivity index (χ4n) is 2.21. The number of carbonyl (C=O) groups is 1. The topological polar surface area (TPSA) is 90.4 Å². The Hall–Kier alpha value is -3.33. The molecule has 0 aliphatic heterocycles. The molecule has 0 aliphatic carbocycles. The summed E-state index contributed by atoms with van der Waals surface area (Å²) in [6.45, 7) is 0. The Morgan fingerprint density at radius 2 is 1.64 bits per heavy atom. The normalized spacial score (nSPS) is 10.3. The summed E-state index contributed by atoms with van der Waals surface area (Å²) in [4.78, 5) is 12.5. The van der Waals surface area contributed by atoms with Crippen molar-refractivity contribution in [3.63, 3.8) is 0 Å². The lowest BCUT2D eigenvalue weighted by molar-refractivity contribution is 0.0734. The predicted octanol–water partition coefficient (Wildman–Crippen LogP) is 2.36. The number of rotatable bonds is 7. The van der Waals surface area contributed by atoms with Crippen LogP contribution in [0.3, 0.4) is 0 Å². The maximum atomic E-state index is 12.5. The number of ether oxygens (including phenoxy) is 4. The molecule has 28 heavy (non-hydrogen) atoms. The first-order valence-corrected chi connectivity index (χ1v) is 8.56. The summed E-state index contributed by atoms with van der Waals surface area (Å²) in [5, 5.41) is 7.13. The fraction of sp³-hybridized carbons (Fsp3) is 0.211. The van der Waals surface area contributed by atoms with Crippen molar-refractivity contribution in [2.24, 2.45) is 5.10 Å². The van der Waals surface area contributed by atoms with E-state index in [0.29, 0.717) is 28.1 Å². The molecule has 0 aliphatic rings. The van der Waals surface area contributed by atoms with Crippen molar-refractivity contribution in [2.75, 3.05) is 28.4 Å². The van der Waals surface area contributed by atoms with E-state index < -0.39 is 5.97 Å². The van der Waals surface area contributed by atoms with Crippen molar-refractivity contribution >= 4 is 29.5 Å². The van der Waals surface area contributed by atoms with Crippen LogP contribution < -0.4 is 29.7 Å². The molecule has 0 saturated heterocycles. The van der Waals surface area contributed by atoms with Gasteiger partial charge >= 0.3 is 5.97 Å². The Morgan fingerprint density at radius 3 is 2.14 bits per heavy atom. The van der Waals surface area contributed by atoms with Crippen LogP contribution in [-0.4, -0.2) is 45.7 Å². The van der Waals surface area contributed by atoms with E-state index in [1.165, 1.54) is 33.5 Å². The molecule has 0 saturated carbocycles. The number of nitrogens with zero attached hydrogens (tertiary/aromatic N) is 1. The Labute approximate surface area is 168 Å². The van der Waals surface area contributed by atoms with Crippen LogP contribution in [-0.2, 0) is 0 Å². The fourth-order valence-corrected chi connectivity index (χ4v) is 2.26. The number of hydrogen-bond donors (Lipinski definition) is 2. The van der Waals surface area contributed by atoms with E-state index in [9.17, 15) is 4.79 Å². The lowest BCUT2D eigenvalue weighted by Crippen LogP contribution is -2.28. The lowest BCUT2D eigenvalue weighted by atomic mass is 10.2. The van der Waals surface area contributed by atoms with Crippen molar-refractivity contribution in [3.05, 3.63) is 47.5 Å². The first kappa shape index (κ1) is 21.0. The summed E-state index contributed by atoms with van der Waals surface area (Å²) < 4.78 is 21.2. The molecule has 8 nitrogen and oxygen atoms in total. The molecule has 0 atom stereocenters. The molecule has 2 aromatic carbocycles. The van der Waals surface area contributed by atoms with E-state index in [1.807, 2.05) is 0 Å². The Kier molecular flexibility index (Phi) is 7.58. The number of benzene rings is 2. The highest BCUT2D eigenvalue weighted by atomic mass is 32.1. The number of thiocarbonyl (C=S) groups is 1. The van der Waals surface area contributed by atoms with Crippen molar-refractivity contribution in [2.45, 2.75) is 0 Å². The molecule has 9 heteroatoms. The molecule has 2 rings (SSSR count). The van der Waals surface area contributed by atoms with Crippen molar-refractivity contribution in [3.8, 4) is 23.0 Å². The monoisotopic (exact) mass is 403 g/mol. The summed E-state index contributed by atoms with van der Waals surface area (Å²) in [6, 6.07) is 9.89. The number of hydrazone groups is 1. The largest absolute Gasteiger partial charge is 0.493 e. The predicted molar refractivity (Wildman–Crippen MR) is 110 cm³/mol. The zero-order chi connectivity index (χ0) is 20.5. The summed E-state index contributed by atoms with van der Waals surface area (Å²) in [5.41, 5.74) is 3.72. The van der Waals surface area contributed by atoms with E-state index in [1.54, 1.807) is 37.5 Å². The van der Waals surface area contributed by atoms with Gasteiger partial charge in [0.2, 0.25) is 5.75 Å². The second-order valence-electron chi connectivity index (χ2n) is 5.32. The molecule has 0 bridgehead atoms. The minimum atomic E-state index is -0.554. The molecular weight excluding hydrogens is 382 g/mol. The number of nitrogens with one attached hydrogen (secondary N) is 2. The maximum absolute atomic E-state index is 12.5. The first-order chi connectivity index (χ1) is 13.5. The summed E-state index contributed by atoms with van der Waals surface area (Å²) in [6.07, 6.45) is 1.59. The van der Waals surface area contributed by atoms with Gasteiger partial charge in [0.15, 0.2) is 16.6 Å². The molecule has 2 aromatic rings. The van der Waals surface area contributed by atoms with Crippen LogP contribution in [0.1, 0.15) is 15.9 Å². The third kappa shape index (κ3) is 5.34. The van der Waals surface area contributed by atoms with Gasteiger partial charge in [-0.1, -0.05) is 0 Å². The molecule has 0 fully saturated rings. The molecule has 2 N–H and O–H groups in total. The summed E-state index contributed by atoms with van der Waals surface area (Å²) in [5.74, 6) is 0.965. The van der Waals surface area contributed by atoms with E-state index >= 15 is 0 Å². The van der Waals surface area contributed by atoms with Gasteiger partial charge in [-0.2, -0.15) is 5.10 Å². The van der Waals surface area contributed by atoms with Gasteiger partial charge in [-0.3, -0.25) is 5.43 Å². The van der Waals surface area contributed by atoms with Gasteiger partial charge in [-0.05, 0) is 54.2 Å². The molecule has 0 radical (unpaired) electrons. The molecule has 0 aromatic heterocycles. The third-order valence-corrected chi connectivity index (χ3v) is 3.89. The molecular formula is C19H21N3O5S. The molecule has 0 spiro atoms. The molecule has 0 unspecified atom stereocenters. The number of carbonyl (C=O) groups excluding carboxylic acids is 1. The Bertz CT molecular complexity index is 843. The van der Waals surface area contributed by atoms with Gasteiger partial charge in [0, 0.05) is 7.05 Å². The lowest BCUT2D eigenvalue weighted by Gasteiger charge is -2.13. The standard InChI is InChI=1S/C19H21N3O5S/c1-20-19(28)22-21-11-12-5-7-14(8-6-12)27-18(23)13-9-15(24-2)17(26-4)16(10-13)25-3/h5-11H,1-4H3,(H2,20,22,28)/b21-11+. The summed E-state index contributed by atoms with van der Waals surface area (Å²) >= 11 is 4.92. The summed E-state index contributed by atoms with van der Waals surface area (Å²) in [7, 11) is 6.14. The number of esters is 1. The maximum Gasteiger partial charge on any atom is 0.343 e. The van der Waals surface area contributed by atoms with Gasteiger partial charge in [-0.15, -0.1) is 0 Å². The van der Waals surface area contributed by atoms with Gasteiger partial charge in [0.1, 0.15) is 5.75 Å². The van der Waals surface area contributed by atoms with Crippen molar-refractivity contribution in [1.29, 1.82) is 0 Å². The van der Waals surface area contributed by atoms with Crippen molar-refractivity contribution < 1.29 is 23.7 Å². The van der Waals surface area contributed by atoms with E-state index in [-0.39, 0.29) is 5.56 Å². The third-order valence-electron chi connectivity index (χ3n) is 3.60. The zero-order valence-corrected chi connectivity index (χ0v) is 16.8. The van der Waals surface area contributed by atoms with Crippen LogP contribution in [0, 0.1) is 0 Å².